The van der Waals surface area contributed by atoms with Gasteiger partial charge in [-0.15, -0.1) is 5.10 Å². The average molecular weight is 341 g/mol. The molecule has 0 unspecified atom stereocenters. The third kappa shape index (κ3) is 3.18. The van der Waals surface area contributed by atoms with E-state index in [0.717, 1.165) is 25.9 Å². The molecule has 1 fully saturated rings. The number of fused-ring (bicyclic) bond motifs is 2. The number of allylic oxidation sites excluding steroid dienone is 2. The van der Waals surface area contributed by atoms with Gasteiger partial charge in [0, 0.05) is 32.4 Å². The summed E-state index contributed by atoms with van der Waals surface area (Å²) in [6, 6.07) is 5.48. The number of rotatable bonds is 4. The summed E-state index contributed by atoms with van der Waals surface area (Å²) in [6.45, 7) is 2.75. The van der Waals surface area contributed by atoms with Crippen LogP contribution in [-0.4, -0.2) is 44.7 Å². The summed E-state index contributed by atoms with van der Waals surface area (Å²) in [7, 11) is 0. The van der Waals surface area contributed by atoms with E-state index in [4.69, 9.17) is 0 Å². The molecule has 0 aromatic carbocycles. The van der Waals surface area contributed by atoms with Crippen molar-refractivity contribution in [1.29, 1.82) is 0 Å². The average Bonchev–Trinajstić information content (AvgIpc) is 3.20. The third-order valence-corrected chi connectivity index (χ3v) is 5.22. The number of aryl methyl sites for hydroxylation is 1. The van der Waals surface area contributed by atoms with Crippen molar-refractivity contribution < 1.29 is 4.79 Å². The van der Waals surface area contributed by atoms with Crippen LogP contribution in [0.3, 0.4) is 0 Å². The first kappa shape index (κ1) is 15.9. The zero-order valence-corrected chi connectivity index (χ0v) is 14.2. The van der Waals surface area contributed by atoms with Gasteiger partial charge in [-0.05, 0) is 43.2 Å². The highest BCUT2D eigenvalue weighted by Gasteiger charge is 2.34. The molecule has 2 aromatic heterocycles. The van der Waals surface area contributed by atoms with Crippen molar-refractivity contribution in [3.05, 3.63) is 47.0 Å². The lowest BCUT2D eigenvalue weighted by Crippen LogP contribution is -2.39. The van der Waals surface area contributed by atoms with Crippen LogP contribution in [0.1, 0.15) is 19.3 Å². The smallest absolute Gasteiger partial charge is 0.338 e. The maximum atomic E-state index is 12.3. The van der Waals surface area contributed by atoms with Crippen molar-refractivity contribution >= 4 is 11.7 Å². The minimum atomic E-state index is -0.141. The van der Waals surface area contributed by atoms with E-state index >= 15 is 0 Å². The van der Waals surface area contributed by atoms with Crippen LogP contribution in [0.5, 0.6) is 0 Å². The quantitative estimate of drug-likeness (QED) is 0.676. The molecule has 7 nitrogen and oxygen atoms in total. The Morgan fingerprint density at radius 2 is 1.96 bits per heavy atom. The number of nitrogens with one attached hydrogen (secondary N) is 1. The number of likely N-dealkylation sites (tertiary alicyclic amines) is 1. The lowest BCUT2D eigenvalue weighted by Gasteiger charge is -2.17. The van der Waals surface area contributed by atoms with Crippen molar-refractivity contribution in [2.75, 3.05) is 19.6 Å². The molecule has 4 rings (SSSR count). The van der Waals surface area contributed by atoms with Crippen molar-refractivity contribution in [3.63, 3.8) is 0 Å². The Labute approximate surface area is 145 Å². The van der Waals surface area contributed by atoms with Gasteiger partial charge in [0.15, 0.2) is 5.65 Å². The molecule has 1 saturated heterocycles. The van der Waals surface area contributed by atoms with Crippen LogP contribution < -0.4 is 11.0 Å². The molecule has 0 spiro atoms. The summed E-state index contributed by atoms with van der Waals surface area (Å²) in [5.74, 6) is 1.24. The van der Waals surface area contributed by atoms with Gasteiger partial charge in [0.05, 0.1) is 0 Å². The van der Waals surface area contributed by atoms with E-state index < -0.39 is 0 Å². The predicted molar refractivity (Wildman–Crippen MR) is 94.4 cm³/mol. The van der Waals surface area contributed by atoms with Gasteiger partial charge in [-0.3, -0.25) is 4.40 Å². The van der Waals surface area contributed by atoms with Crippen molar-refractivity contribution in [2.45, 2.75) is 25.8 Å². The van der Waals surface area contributed by atoms with Crippen LogP contribution in [0.2, 0.25) is 0 Å². The number of carbonyl (C=O) groups is 1. The molecule has 2 amide bonds. The fourth-order valence-corrected chi connectivity index (χ4v) is 3.83. The van der Waals surface area contributed by atoms with Gasteiger partial charge in [0.1, 0.15) is 0 Å². The number of hydrogen-bond acceptors (Lipinski definition) is 3. The lowest BCUT2D eigenvalue weighted by molar-refractivity contribution is 0.206. The molecule has 25 heavy (non-hydrogen) atoms. The number of pyridine rings is 1. The summed E-state index contributed by atoms with van der Waals surface area (Å²) >= 11 is 0. The van der Waals surface area contributed by atoms with Crippen LogP contribution >= 0.6 is 0 Å². The normalized spacial score (nSPS) is 22.3. The first-order valence-electron chi connectivity index (χ1n) is 8.94. The van der Waals surface area contributed by atoms with E-state index in [1.54, 1.807) is 12.3 Å². The number of aromatic nitrogens is 3. The number of nitrogens with zero attached hydrogens (tertiary/aromatic N) is 4. The first-order chi connectivity index (χ1) is 12.2. The molecular formula is C18H23N5O2. The topological polar surface area (TPSA) is 71.6 Å². The highest BCUT2D eigenvalue weighted by molar-refractivity contribution is 5.74. The summed E-state index contributed by atoms with van der Waals surface area (Å²) in [5, 5.41) is 7.27. The Morgan fingerprint density at radius 1 is 1.20 bits per heavy atom. The second-order valence-corrected chi connectivity index (χ2v) is 6.89. The van der Waals surface area contributed by atoms with E-state index in [1.807, 2.05) is 17.0 Å². The van der Waals surface area contributed by atoms with E-state index in [1.165, 1.54) is 9.08 Å². The van der Waals surface area contributed by atoms with Gasteiger partial charge in [-0.1, -0.05) is 18.2 Å². The predicted octanol–water partition coefficient (Wildman–Crippen LogP) is 1.49. The summed E-state index contributed by atoms with van der Waals surface area (Å²) in [4.78, 5) is 26.4. The van der Waals surface area contributed by atoms with Gasteiger partial charge in [0.2, 0.25) is 0 Å². The second kappa shape index (κ2) is 6.74. The van der Waals surface area contributed by atoms with E-state index in [2.05, 4.69) is 22.6 Å². The van der Waals surface area contributed by atoms with Gasteiger partial charge < -0.3 is 10.2 Å². The number of amides is 2. The fraction of sp³-hybridized carbons (Fsp3) is 0.500. The zero-order valence-electron chi connectivity index (χ0n) is 14.2. The minimum absolute atomic E-state index is 0.0109. The van der Waals surface area contributed by atoms with Crippen LogP contribution in [-0.2, 0) is 6.54 Å². The van der Waals surface area contributed by atoms with Gasteiger partial charge in [-0.2, -0.15) is 0 Å². The van der Waals surface area contributed by atoms with E-state index in [-0.39, 0.29) is 11.7 Å². The maximum absolute atomic E-state index is 12.3. The summed E-state index contributed by atoms with van der Waals surface area (Å²) in [5.41, 5.74) is 0.503. The number of hydrogen-bond donors (Lipinski definition) is 1. The summed E-state index contributed by atoms with van der Waals surface area (Å²) in [6.07, 6.45) is 9.03. The standard InChI is InChI=1S/C18H23N5O2/c24-17(21-12-14-6-1-2-7-15(14)13-21)19-9-5-11-23-18(25)22-10-4-3-8-16(22)20-23/h1-4,8,10,14-15H,5-7,9,11-13H2,(H,19,24)/t14-,15+. The Kier molecular flexibility index (Phi) is 4.29. The van der Waals surface area contributed by atoms with Gasteiger partial charge >= 0.3 is 11.7 Å². The molecule has 0 radical (unpaired) electrons. The molecule has 2 aromatic rings. The van der Waals surface area contributed by atoms with Crippen molar-refractivity contribution in [3.8, 4) is 0 Å². The molecule has 1 aliphatic heterocycles. The highest BCUT2D eigenvalue weighted by Crippen LogP contribution is 2.32. The molecule has 132 valence electrons. The molecule has 2 aliphatic rings. The third-order valence-electron chi connectivity index (χ3n) is 5.22. The molecule has 7 heteroatoms. The largest absolute Gasteiger partial charge is 0.350 e. The first-order valence-corrected chi connectivity index (χ1v) is 8.94. The molecule has 0 saturated carbocycles. The molecule has 2 atom stereocenters. The zero-order chi connectivity index (χ0) is 17.2. The fourth-order valence-electron chi connectivity index (χ4n) is 3.83. The minimum Gasteiger partial charge on any atom is -0.338 e. The SMILES string of the molecule is O=C(NCCCn1nc2ccccn2c1=O)N1C[C@H]2CC=CC[C@H]2C1. The Morgan fingerprint density at radius 3 is 2.68 bits per heavy atom. The van der Waals surface area contributed by atoms with Crippen LogP contribution in [0, 0.1) is 11.8 Å². The van der Waals surface area contributed by atoms with Crippen molar-refractivity contribution in [1.82, 2.24) is 24.4 Å². The Bertz CT molecular complexity index is 837. The lowest BCUT2D eigenvalue weighted by atomic mass is 9.86. The molecular weight excluding hydrogens is 318 g/mol. The van der Waals surface area contributed by atoms with Gasteiger partial charge in [0.25, 0.3) is 0 Å². The van der Waals surface area contributed by atoms with Crippen molar-refractivity contribution in [2.24, 2.45) is 11.8 Å². The second-order valence-electron chi connectivity index (χ2n) is 6.89. The van der Waals surface area contributed by atoms with Crippen LogP contribution in [0.15, 0.2) is 41.3 Å². The monoisotopic (exact) mass is 341 g/mol. The molecule has 1 aliphatic carbocycles. The maximum Gasteiger partial charge on any atom is 0.350 e. The number of carbonyl (C=O) groups excluding carboxylic acids is 1. The van der Waals surface area contributed by atoms with E-state index in [9.17, 15) is 9.59 Å². The van der Waals surface area contributed by atoms with Crippen LogP contribution in [0.4, 0.5) is 4.79 Å². The van der Waals surface area contributed by atoms with E-state index in [0.29, 0.717) is 37.0 Å². The number of urea groups is 1. The summed E-state index contributed by atoms with van der Waals surface area (Å²) < 4.78 is 2.98. The molecule has 3 heterocycles. The molecule has 1 N–H and O–H groups in total. The Balaban J connectivity index is 1.26. The highest BCUT2D eigenvalue weighted by atomic mass is 16.2. The van der Waals surface area contributed by atoms with Crippen LogP contribution in [0.25, 0.3) is 5.65 Å². The Hall–Kier alpha value is -2.57. The molecule has 0 bridgehead atoms. The van der Waals surface area contributed by atoms with Gasteiger partial charge in [-0.25, -0.2) is 14.3 Å².